The summed E-state index contributed by atoms with van der Waals surface area (Å²) in [5.41, 5.74) is 2.90. The molecule has 1 heterocycles. The number of methoxy groups -OCH3 is 1. The van der Waals surface area contributed by atoms with E-state index in [1.807, 2.05) is 66.0 Å². The Hall–Kier alpha value is -3.38. The van der Waals surface area contributed by atoms with Crippen LogP contribution in [-0.2, 0) is 29.0 Å². The zero-order chi connectivity index (χ0) is 23.6. The van der Waals surface area contributed by atoms with Crippen LogP contribution in [0.4, 0.5) is 0 Å². The number of hydrogen-bond donors (Lipinski definition) is 1. The molecular formula is C27H30N2O3S. The molecule has 0 aliphatic rings. The lowest BCUT2D eigenvalue weighted by molar-refractivity contribution is -0.139. The van der Waals surface area contributed by atoms with Crippen LogP contribution in [0.15, 0.2) is 78.7 Å². The lowest BCUT2D eigenvalue weighted by Gasteiger charge is -2.30. The number of aryl methyl sites for hydroxylation is 1. The molecule has 2 aromatic carbocycles. The Balaban J connectivity index is 1.85. The molecule has 172 valence electrons. The highest BCUT2D eigenvalue weighted by molar-refractivity contribution is 7.10. The minimum absolute atomic E-state index is 0.110. The first-order valence-electron chi connectivity index (χ1n) is 11.0. The van der Waals surface area contributed by atoms with E-state index >= 15 is 0 Å². The fourth-order valence-corrected chi connectivity index (χ4v) is 4.29. The number of nitrogens with zero attached hydrogens (tertiary/aromatic N) is 1. The summed E-state index contributed by atoms with van der Waals surface area (Å²) in [5, 5.41) is 4.96. The quantitative estimate of drug-likeness (QED) is 0.411. The number of benzene rings is 2. The predicted octanol–water partition coefficient (Wildman–Crippen LogP) is 4.93. The van der Waals surface area contributed by atoms with Crippen LogP contribution in [0, 0.1) is 0 Å². The first-order chi connectivity index (χ1) is 16.0. The molecule has 3 aromatic rings. The van der Waals surface area contributed by atoms with E-state index in [1.54, 1.807) is 18.1 Å². The molecule has 0 bridgehead atoms. The fourth-order valence-electron chi connectivity index (χ4n) is 3.59. The highest BCUT2D eigenvalue weighted by Crippen LogP contribution is 2.24. The van der Waals surface area contributed by atoms with Crippen molar-refractivity contribution >= 4 is 23.2 Å². The minimum Gasteiger partial charge on any atom is -0.497 e. The summed E-state index contributed by atoms with van der Waals surface area (Å²) in [6.07, 6.45) is 2.82. The van der Waals surface area contributed by atoms with Crippen molar-refractivity contribution in [1.82, 2.24) is 10.2 Å². The van der Waals surface area contributed by atoms with Gasteiger partial charge >= 0.3 is 0 Å². The third kappa shape index (κ3) is 6.56. The molecule has 33 heavy (non-hydrogen) atoms. The fraction of sp³-hybridized carbons (Fsp3) is 0.259. The van der Waals surface area contributed by atoms with E-state index in [9.17, 15) is 9.59 Å². The number of nitrogens with one attached hydrogen (secondary N) is 1. The average Bonchev–Trinajstić information content (AvgIpc) is 3.36. The number of amides is 2. The molecule has 0 spiro atoms. The lowest BCUT2D eigenvalue weighted by Crippen LogP contribution is -2.44. The van der Waals surface area contributed by atoms with Gasteiger partial charge in [-0.3, -0.25) is 9.59 Å². The van der Waals surface area contributed by atoms with Gasteiger partial charge in [0.25, 0.3) is 0 Å². The molecule has 1 aromatic heterocycles. The molecule has 5 nitrogen and oxygen atoms in total. The number of carbonyl (C=O) groups excluding carboxylic acids is 2. The molecule has 0 aliphatic heterocycles. The van der Waals surface area contributed by atoms with Crippen LogP contribution in [0.3, 0.4) is 0 Å². The van der Waals surface area contributed by atoms with Crippen LogP contribution in [0.1, 0.15) is 34.5 Å². The maximum Gasteiger partial charge on any atom is 0.247 e. The van der Waals surface area contributed by atoms with E-state index in [0.717, 1.165) is 28.2 Å². The molecule has 1 atom stereocenters. The molecule has 2 amide bonds. The van der Waals surface area contributed by atoms with Gasteiger partial charge in [0, 0.05) is 18.0 Å². The van der Waals surface area contributed by atoms with Crippen molar-refractivity contribution in [2.75, 3.05) is 13.7 Å². The summed E-state index contributed by atoms with van der Waals surface area (Å²) in [6.45, 7) is 6.54. The molecular weight excluding hydrogens is 432 g/mol. The van der Waals surface area contributed by atoms with Crippen molar-refractivity contribution < 1.29 is 14.3 Å². The molecule has 0 unspecified atom stereocenters. The maximum atomic E-state index is 13.5. The molecule has 0 radical (unpaired) electrons. The topological polar surface area (TPSA) is 58.6 Å². The van der Waals surface area contributed by atoms with E-state index < -0.39 is 6.04 Å². The standard InChI is InChI=1S/C27H30N2O3S/c1-4-16-29(25(30)18-24-7-6-17-33-24)26(22-12-8-20(5-2)9-13-22)27(31)28-19-21-10-14-23(32-3)15-11-21/h4,6-15,17,26H,1,5,16,18-19H2,2-3H3,(H,28,31)/t26-/m1/s1. The number of hydrogen-bond acceptors (Lipinski definition) is 4. The Morgan fingerprint density at radius 1 is 1.09 bits per heavy atom. The predicted molar refractivity (Wildman–Crippen MR) is 133 cm³/mol. The second-order valence-electron chi connectivity index (χ2n) is 7.65. The summed E-state index contributed by atoms with van der Waals surface area (Å²) in [7, 11) is 1.62. The van der Waals surface area contributed by atoms with Gasteiger partial charge in [0.2, 0.25) is 11.8 Å². The van der Waals surface area contributed by atoms with Gasteiger partial charge in [0.15, 0.2) is 0 Å². The Labute approximate surface area is 199 Å². The second-order valence-corrected chi connectivity index (χ2v) is 8.69. The first-order valence-corrected chi connectivity index (χ1v) is 11.9. The summed E-state index contributed by atoms with van der Waals surface area (Å²) >= 11 is 1.53. The summed E-state index contributed by atoms with van der Waals surface area (Å²) in [6, 6.07) is 18.5. The molecule has 0 saturated heterocycles. The molecule has 0 saturated carbocycles. The highest BCUT2D eigenvalue weighted by atomic mass is 32.1. The molecule has 0 aliphatic carbocycles. The van der Waals surface area contributed by atoms with Crippen molar-refractivity contribution in [1.29, 1.82) is 0 Å². The van der Waals surface area contributed by atoms with Crippen LogP contribution >= 0.6 is 11.3 Å². The summed E-state index contributed by atoms with van der Waals surface area (Å²) in [5.74, 6) is 0.424. The zero-order valence-electron chi connectivity index (χ0n) is 19.1. The second kappa shape index (κ2) is 12.0. The van der Waals surface area contributed by atoms with E-state index in [4.69, 9.17) is 4.74 Å². The van der Waals surface area contributed by atoms with Gasteiger partial charge in [0.05, 0.1) is 13.5 Å². The Morgan fingerprint density at radius 3 is 2.36 bits per heavy atom. The van der Waals surface area contributed by atoms with Crippen molar-refractivity contribution in [3.63, 3.8) is 0 Å². The van der Waals surface area contributed by atoms with Gasteiger partial charge in [-0.15, -0.1) is 17.9 Å². The van der Waals surface area contributed by atoms with Crippen molar-refractivity contribution in [3.8, 4) is 5.75 Å². The van der Waals surface area contributed by atoms with Gasteiger partial charge in [-0.2, -0.15) is 0 Å². The lowest BCUT2D eigenvalue weighted by atomic mass is 10.0. The smallest absolute Gasteiger partial charge is 0.247 e. The van der Waals surface area contributed by atoms with Crippen LogP contribution < -0.4 is 10.1 Å². The van der Waals surface area contributed by atoms with Crippen LogP contribution in [0.2, 0.25) is 0 Å². The van der Waals surface area contributed by atoms with E-state index in [-0.39, 0.29) is 24.8 Å². The van der Waals surface area contributed by atoms with E-state index in [1.165, 1.54) is 16.9 Å². The molecule has 6 heteroatoms. The Kier molecular flexibility index (Phi) is 8.84. The van der Waals surface area contributed by atoms with E-state index in [0.29, 0.717) is 6.54 Å². The van der Waals surface area contributed by atoms with Crippen molar-refractivity contribution in [2.45, 2.75) is 32.4 Å². The first kappa shape index (κ1) is 24.3. The largest absolute Gasteiger partial charge is 0.497 e. The van der Waals surface area contributed by atoms with Crippen LogP contribution in [0.5, 0.6) is 5.75 Å². The molecule has 1 N–H and O–H groups in total. The number of ether oxygens (including phenoxy) is 1. The number of thiophene rings is 1. The molecule has 0 fully saturated rings. The minimum atomic E-state index is -0.750. The Morgan fingerprint density at radius 2 is 1.79 bits per heavy atom. The van der Waals surface area contributed by atoms with Gasteiger partial charge in [-0.05, 0) is 46.7 Å². The van der Waals surface area contributed by atoms with Crippen LogP contribution in [-0.4, -0.2) is 30.4 Å². The third-order valence-corrected chi connectivity index (χ3v) is 6.32. The zero-order valence-corrected chi connectivity index (χ0v) is 19.9. The molecule has 3 rings (SSSR count). The monoisotopic (exact) mass is 462 g/mol. The highest BCUT2D eigenvalue weighted by Gasteiger charge is 2.30. The van der Waals surface area contributed by atoms with Gasteiger partial charge < -0.3 is 15.0 Å². The maximum absolute atomic E-state index is 13.5. The number of carbonyl (C=O) groups is 2. The summed E-state index contributed by atoms with van der Waals surface area (Å²) < 4.78 is 5.20. The normalized spacial score (nSPS) is 11.5. The average molecular weight is 463 g/mol. The van der Waals surface area contributed by atoms with Gasteiger partial charge in [-0.1, -0.05) is 55.5 Å². The summed E-state index contributed by atoms with van der Waals surface area (Å²) in [4.78, 5) is 29.3. The van der Waals surface area contributed by atoms with Gasteiger partial charge in [0.1, 0.15) is 11.8 Å². The Bertz CT molecular complexity index is 1040. The third-order valence-electron chi connectivity index (χ3n) is 5.44. The van der Waals surface area contributed by atoms with E-state index in [2.05, 4.69) is 18.8 Å². The SMILES string of the molecule is C=CCN(C(=O)Cc1cccs1)[C@@H](C(=O)NCc1ccc(OC)cc1)c1ccc(CC)cc1. The number of rotatable bonds is 11. The van der Waals surface area contributed by atoms with Crippen LogP contribution in [0.25, 0.3) is 0 Å². The van der Waals surface area contributed by atoms with Crippen molar-refractivity contribution in [2.24, 2.45) is 0 Å². The van der Waals surface area contributed by atoms with Gasteiger partial charge in [-0.25, -0.2) is 0 Å². The van der Waals surface area contributed by atoms with Crippen molar-refractivity contribution in [3.05, 3.63) is 100 Å².